The van der Waals surface area contributed by atoms with Crippen molar-refractivity contribution in [2.45, 2.75) is 0 Å². The first-order valence-corrected chi connectivity index (χ1v) is 10.2. The Morgan fingerprint density at radius 1 is 1.13 bits per heavy atom. The van der Waals surface area contributed by atoms with Gasteiger partial charge in [-0.2, -0.15) is 0 Å². The molecule has 1 saturated heterocycles. The number of benzene rings is 2. The third-order valence-corrected chi connectivity index (χ3v) is 5.36. The number of carbonyl (C=O) groups excluding carboxylic acids is 1. The highest BCUT2D eigenvalue weighted by Gasteiger charge is 2.22. The molecule has 0 aliphatic carbocycles. The summed E-state index contributed by atoms with van der Waals surface area (Å²) >= 11 is 5.89. The molecule has 0 saturated carbocycles. The van der Waals surface area contributed by atoms with Crippen LogP contribution >= 0.6 is 11.6 Å². The van der Waals surface area contributed by atoms with Crippen molar-refractivity contribution in [3.63, 3.8) is 0 Å². The van der Waals surface area contributed by atoms with E-state index in [1.807, 2.05) is 30.5 Å². The number of rotatable bonds is 6. The average Bonchev–Trinajstić information content (AvgIpc) is 3.26. The third-order valence-electron chi connectivity index (χ3n) is 5.10. The lowest BCUT2D eigenvalue weighted by Crippen LogP contribution is -2.49. The van der Waals surface area contributed by atoms with Crippen LogP contribution in [0.4, 0.5) is 11.6 Å². The summed E-state index contributed by atoms with van der Waals surface area (Å²) in [6.07, 6.45) is 3.76. The second-order valence-corrected chi connectivity index (χ2v) is 7.55. The summed E-state index contributed by atoms with van der Waals surface area (Å²) < 4.78 is 7.40. The van der Waals surface area contributed by atoms with Gasteiger partial charge in [0.25, 0.3) is 0 Å². The molecule has 30 heavy (non-hydrogen) atoms. The number of amides is 1. The van der Waals surface area contributed by atoms with Crippen LogP contribution in [0.25, 0.3) is 5.69 Å². The minimum Gasteiger partial charge on any atom is -0.497 e. The van der Waals surface area contributed by atoms with E-state index in [9.17, 15) is 4.79 Å². The van der Waals surface area contributed by atoms with E-state index < -0.39 is 0 Å². The molecule has 1 aliphatic heterocycles. The molecule has 1 aromatic heterocycles. The highest BCUT2D eigenvalue weighted by Crippen LogP contribution is 2.23. The normalized spacial score (nSPS) is 14.5. The SMILES string of the molecule is COc1cccc(-n2ccnc2N2CCN(CC(=O)Nc3ccc(Cl)cc3)CC2)c1. The number of halogens is 1. The predicted octanol–water partition coefficient (Wildman–Crippen LogP) is 3.30. The maximum Gasteiger partial charge on any atom is 0.238 e. The summed E-state index contributed by atoms with van der Waals surface area (Å²) in [6, 6.07) is 15.0. The molecule has 7 nitrogen and oxygen atoms in total. The van der Waals surface area contributed by atoms with Crippen LogP contribution in [0.3, 0.4) is 0 Å². The first-order valence-electron chi connectivity index (χ1n) is 9.83. The number of nitrogens with zero attached hydrogens (tertiary/aromatic N) is 4. The summed E-state index contributed by atoms with van der Waals surface area (Å²) in [4.78, 5) is 21.3. The fraction of sp³-hybridized carbons (Fsp3) is 0.273. The van der Waals surface area contributed by atoms with Gasteiger partial charge < -0.3 is 15.0 Å². The molecule has 1 aliphatic rings. The fourth-order valence-electron chi connectivity index (χ4n) is 3.53. The van der Waals surface area contributed by atoms with Gasteiger partial charge in [0.1, 0.15) is 5.75 Å². The highest BCUT2D eigenvalue weighted by molar-refractivity contribution is 6.30. The molecule has 0 spiro atoms. The average molecular weight is 426 g/mol. The maximum absolute atomic E-state index is 12.3. The van der Waals surface area contributed by atoms with Crippen LogP contribution in [0.1, 0.15) is 0 Å². The number of piperazine rings is 1. The van der Waals surface area contributed by atoms with Crippen molar-refractivity contribution >= 4 is 29.1 Å². The summed E-state index contributed by atoms with van der Waals surface area (Å²) in [5.41, 5.74) is 1.76. The van der Waals surface area contributed by atoms with E-state index in [0.29, 0.717) is 11.6 Å². The second-order valence-electron chi connectivity index (χ2n) is 7.12. The summed E-state index contributed by atoms with van der Waals surface area (Å²) in [6.45, 7) is 3.54. The minimum absolute atomic E-state index is 0.0244. The van der Waals surface area contributed by atoms with Gasteiger partial charge in [-0.3, -0.25) is 14.3 Å². The quantitative estimate of drug-likeness (QED) is 0.656. The second kappa shape index (κ2) is 9.19. The minimum atomic E-state index is -0.0244. The smallest absolute Gasteiger partial charge is 0.238 e. The van der Waals surface area contributed by atoms with Crippen LogP contribution in [-0.2, 0) is 4.79 Å². The van der Waals surface area contributed by atoms with Gasteiger partial charge >= 0.3 is 0 Å². The van der Waals surface area contributed by atoms with Crippen LogP contribution in [0.5, 0.6) is 5.75 Å². The van der Waals surface area contributed by atoms with Crippen molar-refractivity contribution in [3.05, 3.63) is 65.9 Å². The zero-order valence-electron chi connectivity index (χ0n) is 16.8. The van der Waals surface area contributed by atoms with Gasteiger partial charge in [-0.1, -0.05) is 17.7 Å². The van der Waals surface area contributed by atoms with Crippen LogP contribution in [0.15, 0.2) is 60.9 Å². The molecule has 4 rings (SSSR count). The van der Waals surface area contributed by atoms with E-state index >= 15 is 0 Å². The van der Waals surface area contributed by atoms with E-state index in [2.05, 4.69) is 24.7 Å². The van der Waals surface area contributed by atoms with E-state index in [1.165, 1.54) is 0 Å². The Balaban J connectivity index is 1.34. The Morgan fingerprint density at radius 2 is 1.90 bits per heavy atom. The Bertz CT molecular complexity index is 997. The molecule has 2 heterocycles. The highest BCUT2D eigenvalue weighted by atomic mass is 35.5. The van der Waals surface area contributed by atoms with Gasteiger partial charge in [0.15, 0.2) is 0 Å². The number of carbonyl (C=O) groups is 1. The third kappa shape index (κ3) is 4.75. The summed E-state index contributed by atoms with van der Waals surface area (Å²) in [5, 5.41) is 3.56. The number of hydrogen-bond donors (Lipinski definition) is 1. The molecular formula is C22H24ClN5O2. The van der Waals surface area contributed by atoms with Gasteiger partial charge in [0.2, 0.25) is 11.9 Å². The topological polar surface area (TPSA) is 62.6 Å². The molecule has 1 fully saturated rings. The lowest BCUT2D eigenvalue weighted by Gasteiger charge is -2.35. The Hall–Kier alpha value is -3.03. The van der Waals surface area contributed by atoms with Crippen molar-refractivity contribution in [2.24, 2.45) is 0 Å². The molecule has 0 unspecified atom stereocenters. The van der Waals surface area contributed by atoms with E-state index in [4.69, 9.17) is 16.3 Å². The summed E-state index contributed by atoms with van der Waals surface area (Å²) in [7, 11) is 1.66. The van der Waals surface area contributed by atoms with Gasteiger partial charge in [0.05, 0.1) is 19.3 Å². The molecule has 2 aromatic carbocycles. The molecule has 8 heteroatoms. The van der Waals surface area contributed by atoms with Crippen molar-refractivity contribution in [1.29, 1.82) is 0 Å². The standard InChI is InChI=1S/C22H24ClN5O2/c1-30-20-4-2-3-19(15-20)28-10-9-24-22(28)27-13-11-26(12-14-27)16-21(29)25-18-7-5-17(23)6-8-18/h2-10,15H,11-14,16H2,1H3,(H,25,29). The maximum atomic E-state index is 12.3. The number of anilines is 2. The zero-order chi connectivity index (χ0) is 20.9. The Morgan fingerprint density at radius 3 is 2.63 bits per heavy atom. The Kier molecular flexibility index (Phi) is 6.21. The number of nitrogens with one attached hydrogen (secondary N) is 1. The van der Waals surface area contributed by atoms with E-state index in [-0.39, 0.29) is 5.91 Å². The van der Waals surface area contributed by atoms with Crippen molar-refractivity contribution < 1.29 is 9.53 Å². The lowest BCUT2D eigenvalue weighted by atomic mass is 10.3. The number of aromatic nitrogens is 2. The van der Waals surface area contributed by atoms with Crippen LogP contribution < -0.4 is 15.0 Å². The fourth-order valence-corrected chi connectivity index (χ4v) is 3.66. The van der Waals surface area contributed by atoms with Gasteiger partial charge in [-0.25, -0.2) is 4.98 Å². The van der Waals surface area contributed by atoms with E-state index in [0.717, 1.165) is 49.3 Å². The molecule has 156 valence electrons. The molecule has 3 aromatic rings. The number of imidazole rings is 1. The molecular weight excluding hydrogens is 402 g/mol. The van der Waals surface area contributed by atoms with Gasteiger partial charge in [-0.05, 0) is 36.4 Å². The van der Waals surface area contributed by atoms with Crippen molar-refractivity contribution in [1.82, 2.24) is 14.5 Å². The molecule has 1 amide bonds. The molecule has 0 atom stereocenters. The van der Waals surface area contributed by atoms with Gasteiger partial charge in [0, 0.05) is 55.3 Å². The van der Waals surface area contributed by atoms with Crippen LogP contribution in [0, 0.1) is 0 Å². The van der Waals surface area contributed by atoms with Crippen LogP contribution in [0.2, 0.25) is 5.02 Å². The van der Waals surface area contributed by atoms with Crippen LogP contribution in [-0.4, -0.2) is 60.2 Å². The zero-order valence-corrected chi connectivity index (χ0v) is 17.5. The van der Waals surface area contributed by atoms with E-state index in [1.54, 1.807) is 37.6 Å². The number of hydrogen-bond acceptors (Lipinski definition) is 5. The summed E-state index contributed by atoms with van der Waals surface area (Å²) in [5.74, 6) is 1.68. The lowest BCUT2D eigenvalue weighted by molar-refractivity contribution is -0.117. The first kappa shape index (κ1) is 20.3. The largest absolute Gasteiger partial charge is 0.497 e. The Labute approximate surface area is 180 Å². The number of methoxy groups -OCH3 is 1. The monoisotopic (exact) mass is 425 g/mol. The van der Waals surface area contributed by atoms with Crippen molar-refractivity contribution in [2.75, 3.05) is 50.1 Å². The van der Waals surface area contributed by atoms with Gasteiger partial charge in [-0.15, -0.1) is 0 Å². The molecule has 0 radical (unpaired) electrons. The van der Waals surface area contributed by atoms with Crippen molar-refractivity contribution in [3.8, 4) is 11.4 Å². The predicted molar refractivity (Wildman–Crippen MR) is 119 cm³/mol. The molecule has 1 N–H and O–H groups in total. The number of ether oxygens (including phenoxy) is 1. The molecule has 0 bridgehead atoms. The first-order chi connectivity index (χ1) is 14.6.